The molecule has 5 heteroatoms. The number of benzene rings is 10. The Hall–Kier alpha value is -7.99. The summed E-state index contributed by atoms with van der Waals surface area (Å²) in [5, 5.41) is 9.82. The van der Waals surface area contributed by atoms with E-state index in [9.17, 15) is 0 Å². The maximum absolute atomic E-state index is 7.30. The maximum atomic E-state index is 7.30. The summed E-state index contributed by atoms with van der Waals surface area (Å²) in [5.41, 5.74) is 10.7. The van der Waals surface area contributed by atoms with E-state index >= 15 is 0 Å². The number of nitrogens with zero attached hydrogens (tertiary/aromatic N) is 3. The van der Waals surface area contributed by atoms with Crippen molar-refractivity contribution < 1.29 is 4.42 Å². The van der Waals surface area contributed by atoms with Gasteiger partial charge in [-0.1, -0.05) is 164 Å². The molecule has 3 aromatic heterocycles. The van der Waals surface area contributed by atoms with E-state index in [-0.39, 0.29) is 0 Å². The van der Waals surface area contributed by atoms with Crippen LogP contribution in [-0.4, -0.2) is 15.0 Å². The van der Waals surface area contributed by atoms with E-state index in [1.54, 1.807) is 0 Å². The molecule has 0 unspecified atom stereocenters. The normalized spacial score (nSPS) is 11.9. The molecule has 4 nitrogen and oxygen atoms in total. The van der Waals surface area contributed by atoms with E-state index in [0.29, 0.717) is 17.5 Å². The predicted molar refractivity (Wildman–Crippen MR) is 259 cm³/mol. The monoisotopic (exact) mass is 807 g/mol. The van der Waals surface area contributed by atoms with Crippen LogP contribution in [-0.2, 0) is 0 Å². The number of rotatable bonds is 6. The van der Waals surface area contributed by atoms with Crippen molar-refractivity contribution >= 4 is 75.0 Å². The molecule has 10 aromatic carbocycles. The van der Waals surface area contributed by atoms with E-state index in [1.165, 1.54) is 41.7 Å². The van der Waals surface area contributed by atoms with Crippen molar-refractivity contribution in [2.24, 2.45) is 0 Å². The zero-order chi connectivity index (χ0) is 40.7. The number of hydrogen-bond donors (Lipinski definition) is 0. The van der Waals surface area contributed by atoms with Crippen LogP contribution in [0, 0.1) is 0 Å². The van der Waals surface area contributed by atoms with E-state index in [2.05, 4.69) is 140 Å². The number of thiophene rings is 1. The first-order chi connectivity index (χ1) is 30.7. The van der Waals surface area contributed by atoms with E-state index < -0.39 is 0 Å². The Morgan fingerprint density at radius 3 is 1.45 bits per heavy atom. The smallest absolute Gasteiger partial charge is 0.167 e. The number of fused-ring (bicyclic) bond motifs is 6. The molecule has 288 valence electrons. The minimum absolute atomic E-state index is 0.549. The summed E-state index contributed by atoms with van der Waals surface area (Å²) >= 11 is 1.87. The second-order valence-electron chi connectivity index (χ2n) is 15.9. The standard InChI is InChI=1S/C57H33N3OS/c1-5-15-34(16-6-1)39-32-45(35-17-7-2-8-18-35)53-47(33-39)50-40(38-27-28-41-42-23-13-25-48-51(42)52-43(46(41)31-38)24-14-26-49(52)62-48)29-30-44(54(50)61-53)57-59-55(36-19-9-3-10-20-36)58-56(60-57)37-21-11-4-12-22-37/h1-33H. The molecule has 0 aliphatic heterocycles. The van der Waals surface area contributed by atoms with Crippen LogP contribution in [0.2, 0.25) is 0 Å². The van der Waals surface area contributed by atoms with Crippen molar-refractivity contribution in [2.45, 2.75) is 0 Å². The molecule has 0 fully saturated rings. The van der Waals surface area contributed by atoms with Crippen LogP contribution in [0.5, 0.6) is 0 Å². The molecule has 13 rings (SSSR count). The fourth-order valence-corrected chi connectivity index (χ4v) is 10.6. The Kier molecular flexibility index (Phi) is 7.74. The lowest BCUT2D eigenvalue weighted by Gasteiger charge is -2.13. The van der Waals surface area contributed by atoms with Crippen LogP contribution in [0.3, 0.4) is 0 Å². The van der Waals surface area contributed by atoms with Crippen LogP contribution in [0.4, 0.5) is 0 Å². The summed E-state index contributed by atoms with van der Waals surface area (Å²) < 4.78 is 9.95. The average molecular weight is 808 g/mol. The topological polar surface area (TPSA) is 51.8 Å². The third-order valence-corrected chi connectivity index (χ3v) is 13.4. The molecule has 0 N–H and O–H groups in total. The molecule has 13 aromatic rings. The number of aromatic nitrogens is 3. The molecule has 3 heterocycles. The molecule has 62 heavy (non-hydrogen) atoms. The lowest BCUT2D eigenvalue weighted by molar-refractivity contribution is 0.670. The van der Waals surface area contributed by atoms with E-state index in [1.807, 2.05) is 72.0 Å². The predicted octanol–water partition coefficient (Wildman–Crippen LogP) is 15.9. The highest BCUT2D eigenvalue weighted by atomic mass is 32.1. The van der Waals surface area contributed by atoms with Crippen LogP contribution < -0.4 is 0 Å². The first kappa shape index (κ1) is 34.8. The average Bonchev–Trinajstić information content (AvgIpc) is 3.94. The van der Waals surface area contributed by atoms with Gasteiger partial charge in [-0.3, -0.25) is 0 Å². The van der Waals surface area contributed by atoms with Gasteiger partial charge in [0.2, 0.25) is 0 Å². The summed E-state index contributed by atoms with van der Waals surface area (Å²) in [7, 11) is 0. The minimum Gasteiger partial charge on any atom is -0.455 e. The molecule has 0 amide bonds. The second kappa shape index (κ2) is 13.8. The maximum Gasteiger partial charge on any atom is 0.167 e. The van der Waals surface area contributed by atoms with Gasteiger partial charge < -0.3 is 4.42 Å². The molecule has 0 aliphatic rings. The molecule has 0 atom stereocenters. The molecule has 0 bridgehead atoms. The van der Waals surface area contributed by atoms with E-state index in [0.717, 1.165) is 72.0 Å². The Morgan fingerprint density at radius 2 is 0.823 bits per heavy atom. The van der Waals surface area contributed by atoms with Gasteiger partial charge in [-0.2, -0.15) is 0 Å². The van der Waals surface area contributed by atoms with Crippen molar-refractivity contribution in [3.8, 4) is 67.5 Å². The van der Waals surface area contributed by atoms with Gasteiger partial charge in [0.1, 0.15) is 11.2 Å². The molecule has 0 aliphatic carbocycles. The fraction of sp³-hybridized carbons (Fsp3) is 0. The van der Waals surface area contributed by atoms with Crippen molar-refractivity contribution in [2.75, 3.05) is 0 Å². The lowest BCUT2D eigenvalue weighted by Crippen LogP contribution is -2.00. The van der Waals surface area contributed by atoms with Gasteiger partial charge in [0.25, 0.3) is 0 Å². The van der Waals surface area contributed by atoms with Crippen LogP contribution >= 0.6 is 11.3 Å². The highest BCUT2D eigenvalue weighted by Crippen LogP contribution is 2.49. The SMILES string of the molecule is c1ccc(-c2cc(-c3ccccc3)c3oc4c(-c5nc(-c6ccccc6)nc(-c6ccccc6)n5)ccc(-c5ccc6c(c5)c5cccc7sc8cccc6c8c75)c4c3c2)cc1. The molecule has 0 saturated heterocycles. The zero-order valence-electron chi connectivity index (χ0n) is 33.2. The molecule has 0 radical (unpaired) electrons. The number of furan rings is 1. The Morgan fingerprint density at radius 1 is 0.290 bits per heavy atom. The van der Waals surface area contributed by atoms with E-state index in [4.69, 9.17) is 19.4 Å². The summed E-state index contributed by atoms with van der Waals surface area (Å²) in [6.07, 6.45) is 0. The van der Waals surface area contributed by atoms with Gasteiger partial charge in [-0.15, -0.1) is 11.3 Å². The van der Waals surface area contributed by atoms with Crippen molar-refractivity contribution in [3.63, 3.8) is 0 Å². The van der Waals surface area contributed by atoms with Crippen molar-refractivity contribution in [1.29, 1.82) is 0 Å². The molecule has 0 spiro atoms. The summed E-state index contributed by atoms with van der Waals surface area (Å²) in [5.74, 6) is 1.75. The highest BCUT2D eigenvalue weighted by molar-refractivity contribution is 7.26. The second-order valence-corrected chi connectivity index (χ2v) is 16.9. The number of hydrogen-bond acceptors (Lipinski definition) is 5. The summed E-state index contributed by atoms with van der Waals surface area (Å²) in [4.78, 5) is 15.4. The first-order valence-electron chi connectivity index (χ1n) is 20.8. The lowest BCUT2D eigenvalue weighted by atomic mass is 9.90. The van der Waals surface area contributed by atoms with Gasteiger partial charge in [0.15, 0.2) is 17.5 Å². The molecular formula is C57H33N3OS. The summed E-state index contributed by atoms with van der Waals surface area (Å²) in [6, 6.07) is 70.8. The Labute approximate surface area is 360 Å². The van der Waals surface area contributed by atoms with Crippen LogP contribution in [0.15, 0.2) is 205 Å². The third kappa shape index (κ3) is 5.42. The van der Waals surface area contributed by atoms with Gasteiger partial charge in [0.05, 0.1) is 5.56 Å². The fourth-order valence-electron chi connectivity index (χ4n) is 9.44. The zero-order valence-corrected chi connectivity index (χ0v) is 34.0. The minimum atomic E-state index is 0.549. The quantitative estimate of drug-likeness (QED) is 0.157. The van der Waals surface area contributed by atoms with Crippen LogP contribution in [0.1, 0.15) is 0 Å². The van der Waals surface area contributed by atoms with Gasteiger partial charge >= 0.3 is 0 Å². The summed E-state index contributed by atoms with van der Waals surface area (Å²) in [6.45, 7) is 0. The molecular weight excluding hydrogens is 775 g/mol. The van der Waals surface area contributed by atoms with Gasteiger partial charge in [-0.05, 0) is 85.8 Å². The van der Waals surface area contributed by atoms with Gasteiger partial charge in [-0.25, -0.2) is 15.0 Å². The highest BCUT2D eigenvalue weighted by Gasteiger charge is 2.24. The first-order valence-corrected chi connectivity index (χ1v) is 21.7. The Bertz CT molecular complexity index is 3780. The van der Waals surface area contributed by atoms with Gasteiger partial charge in [0, 0.05) is 47.6 Å². The Balaban J connectivity index is 1.14. The molecule has 0 saturated carbocycles. The largest absolute Gasteiger partial charge is 0.455 e. The van der Waals surface area contributed by atoms with Crippen LogP contribution in [0.25, 0.3) is 131 Å². The van der Waals surface area contributed by atoms with Crippen molar-refractivity contribution in [3.05, 3.63) is 200 Å². The van der Waals surface area contributed by atoms with Crippen molar-refractivity contribution in [1.82, 2.24) is 15.0 Å². The third-order valence-electron chi connectivity index (χ3n) is 12.3.